The molecule has 3 heterocycles. The van der Waals surface area contributed by atoms with Crippen molar-refractivity contribution in [2.24, 2.45) is 0 Å². The van der Waals surface area contributed by atoms with Crippen LogP contribution in [0.5, 0.6) is 0 Å². The molecule has 2 aromatic heterocycles. The van der Waals surface area contributed by atoms with E-state index in [1.165, 1.54) is 13.0 Å². The number of nitrogens with one attached hydrogen (secondary N) is 3. The van der Waals surface area contributed by atoms with Gasteiger partial charge >= 0.3 is 0 Å². The van der Waals surface area contributed by atoms with Crippen molar-refractivity contribution in [2.45, 2.75) is 33.4 Å². The number of benzene rings is 2. The van der Waals surface area contributed by atoms with Crippen molar-refractivity contribution < 1.29 is 53.5 Å². The number of aromatic nitrogens is 6. The Balaban J connectivity index is 1.21. The molecule has 4 aromatic rings. The summed E-state index contributed by atoms with van der Waals surface area (Å²) in [4.78, 5) is 26.7. The van der Waals surface area contributed by atoms with Gasteiger partial charge in [-0.05, 0) is 72.4 Å². The van der Waals surface area contributed by atoms with Crippen molar-refractivity contribution in [1.29, 1.82) is 0 Å². The van der Waals surface area contributed by atoms with E-state index in [9.17, 15) is 38.9 Å². The Morgan fingerprint density at radius 2 is 1.24 bits per heavy atom. The van der Waals surface area contributed by atoms with Crippen LogP contribution in [0.25, 0.3) is 0 Å². The van der Waals surface area contributed by atoms with Crippen LogP contribution >= 0.6 is 35.2 Å². The fourth-order valence-corrected chi connectivity index (χ4v) is 8.11. The summed E-state index contributed by atoms with van der Waals surface area (Å²) in [5.41, 5.74) is 0.0669. The average molecular weight is 887 g/mol. The highest BCUT2D eigenvalue weighted by molar-refractivity contribution is 7.94. The van der Waals surface area contributed by atoms with E-state index in [4.69, 9.17) is 28.5 Å². The number of rotatable bonds is 15. The van der Waals surface area contributed by atoms with Crippen LogP contribution in [-0.2, 0) is 39.7 Å². The number of aryl methyl sites for hydroxylation is 2. The predicted octanol–water partition coefficient (Wildman–Crippen LogP) is 2.87. The minimum atomic E-state index is -4.98. The van der Waals surface area contributed by atoms with Gasteiger partial charge in [-0.2, -0.15) is 55.2 Å². The molecule has 1 fully saturated rings. The number of anilines is 6. The zero-order chi connectivity index (χ0) is 40.3. The second kappa shape index (κ2) is 17.1. The average Bonchev–Trinajstić information content (AvgIpc) is 3.06. The highest BCUT2D eigenvalue weighted by Crippen LogP contribution is 2.34. The van der Waals surface area contributed by atoms with E-state index in [1.54, 1.807) is 11.8 Å². The van der Waals surface area contributed by atoms with Gasteiger partial charge < -0.3 is 20.9 Å². The molecule has 29 heteroatoms. The first-order valence-electron chi connectivity index (χ1n) is 15.2. The van der Waals surface area contributed by atoms with Gasteiger partial charge in [0.25, 0.3) is 30.4 Å². The topological polar surface area (TPSA) is 322 Å². The number of halogens is 2. The Morgan fingerprint density at radius 3 is 1.82 bits per heavy atom. The molecule has 5 rings (SSSR count). The summed E-state index contributed by atoms with van der Waals surface area (Å²) in [6.45, 7) is 5.67. The molecule has 23 nitrogen and oxygen atoms in total. The number of hydrogen-bond donors (Lipinski definition) is 7. The highest BCUT2D eigenvalue weighted by atomic mass is 35.5. The van der Waals surface area contributed by atoms with E-state index in [0.717, 1.165) is 12.1 Å². The summed E-state index contributed by atoms with van der Waals surface area (Å²) >= 11 is 12.8. The van der Waals surface area contributed by atoms with Crippen LogP contribution < -0.4 is 20.9 Å². The molecule has 1 aliphatic heterocycles. The smallest absolute Gasteiger partial charge is 0.296 e. The third kappa shape index (κ3) is 11.1. The Labute approximate surface area is 327 Å². The quantitative estimate of drug-likeness (QED) is 0.0390. The standard InChI is InChI=1S/C26H29Cl2N11O12S4/c1-13-9-15(19(54(44,45)46)11-17(13)52-51-50-40)30-24-33-21(27)32-23(36-24)29-3-4-38-5-7-39(8-6-38)26-35-22(28)34-25(37-26)31-16-10-14(2)18(53(41,42)43)12-20(16)55(47,48)49/h9-12,40H,3-8H2,1-2H3,(H,41,42,43)(H,44,45,46)(H,47,48,49)(H,31,34,35,37)(H2,29,30,32,33,36). The van der Waals surface area contributed by atoms with Crippen molar-refractivity contribution in [3.8, 4) is 0 Å². The van der Waals surface area contributed by atoms with Crippen LogP contribution in [0.4, 0.5) is 35.2 Å². The van der Waals surface area contributed by atoms with Gasteiger partial charge in [-0.3, -0.25) is 18.6 Å². The SMILES string of the molecule is Cc1cc(Nc2nc(Cl)nc(NCCN3CCN(c4nc(Cl)nc(Nc5cc(C)c(S(=O)(=O)O)cc5S(=O)(=O)O)n4)CC3)n2)c(S(=O)(=O)O)cc1SOOO. The maximum absolute atomic E-state index is 12.1. The molecule has 1 saturated heterocycles. The fourth-order valence-electron chi connectivity index (χ4n) is 5.14. The van der Waals surface area contributed by atoms with E-state index in [1.807, 2.05) is 0 Å². The van der Waals surface area contributed by atoms with E-state index in [0.29, 0.717) is 62.9 Å². The highest BCUT2D eigenvalue weighted by Gasteiger charge is 2.26. The van der Waals surface area contributed by atoms with E-state index < -0.39 is 45.0 Å². The summed E-state index contributed by atoms with van der Waals surface area (Å²) < 4.78 is 105. The Kier molecular flexibility index (Phi) is 13.2. The molecule has 2 aromatic carbocycles. The second-order valence-electron chi connectivity index (χ2n) is 11.4. The van der Waals surface area contributed by atoms with Crippen molar-refractivity contribution in [1.82, 2.24) is 34.8 Å². The lowest BCUT2D eigenvalue weighted by atomic mass is 10.2. The molecule has 0 bridgehead atoms. The molecule has 7 N–H and O–H groups in total. The van der Waals surface area contributed by atoms with Crippen molar-refractivity contribution in [3.63, 3.8) is 0 Å². The molecule has 55 heavy (non-hydrogen) atoms. The molecular formula is C26H29Cl2N11O12S4. The van der Waals surface area contributed by atoms with Crippen molar-refractivity contribution in [3.05, 3.63) is 46.0 Å². The summed E-state index contributed by atoms with van der Waals surface area (Å²) in [5, 5.41) is 19.9. The molecule has 0 aliphatic carbocycles. The van der Waals surface area contributed by atoms with Crippen LogP contribution in [0.1, 0.15) is 11.1 Å². The second-order valence-corrected chi connectivity index (χ2v) is 17.0. The summed E-state index contributed by atoms with van der Waals surface area (Å²) in [5.74, 6) is -0.140. The Hall–Kier alpha value is -3.84. The van der Waals surface area contributed by atoms with Gasteiger partial charge in [-0.15, -0.1) is 4.33 Å². The first kappa shape index (κ1) is 42.3. The maximum Gasteiger partial charge on any atom is 0.296 e. The third-order valence-corrected chi connectivity index (χ3v) is 11.5. The van der Waals surface area contributed by atoms with Gasteiger partial charge in [0.2, 0.25) is 34.4 Å². The van der Waals surface area contributed by atoms with Crippen LogP contribution in [0.15, 0.2) is 43.8 Å². The van der Waals surface area contributed by atoms with Gasteiger partial charge in [-0.25, -0.2) is 5.26 Å². The molecule has 0 atom stereocenters. The van der Waals surface area contributed by atoms with Crippen LogP contribution in [0.3, 0.4) is 0 Å². The van der Waals surface area contributed by atoms with E-state index in [-0.39, 0.29) is 56.2 Å². The summed E-state index contributed by atoms with van der Waals surface area (Å²) in [7, 11) is -14.5. The summed E-state index contributed by atoms with van der Waals surface area (Å²) in [6, 6.07) is 4.13. The van der Waals surface area contributed by atoms with Crippen molar-refractivity contribution >= 4 is 101 Å². The molecular weight excluding hydrogens is 858 g/mol. The number of piperazine rings is 1. The lowest BCUT2D eigenvalue weighted by molar-refractivity contribution is -0.432. The molecule has 1 aliphatic rings. The van der Waals surface area contributed by atoms with E-state index in [2.05, 4.69) is 60.1 Å². The lowest BCUT2D eigenvalue weighted by Gasteiger charge is -2.34. The molecule has 0 spiro atoms. The molecule has 0 amide bonds. The third-order valence-electron chi connectivity index (χ3n) is 7.61. The van der Waals surface area contributed by atoms with Crippen LogP contribution in [0.2, 0.25) is 10.6 Å². The Bertz CT molecular complexity index is 2430. The summed E-state index contributed by atoms with van der Waals surface area (Å²) in [6.07, 6.45) is 0. The largest absolute Gasteiger partial charge is 0.353 e. The number of hydrogen-bond acceptors (Lipinski definition) is 21. The normalized spacial score (nSPS) is 14.2. The predicted molar refractivity (Wildman–Crippen MR) is 196 cm³/mol. The van der Waals surface area contributed by atoms with Crippen LogP contribution in [-0.4, -0.2) is 118 Å². The minimum absolute atomic E-state index is 0.0347. The van der Waals surface area contributed by atoms with Gasteiger partial charge in [0.1, 0.15) is 9.79 Å². The van der Waals surface area contributed by atoms with Gasteiger partial charge in [-0.1, -0.05) is 5.04 Å². The van der Waals surface area contributed by atoms with Gasteiger partial charge in [0, 0.05) is 44.2 Å². The lowest BCUT2D eigenvalue weighted by Crippen LogP contribution is -2.48. The first-order chi connectivity index (χ1) is 25.7. The van der Waals surface area contributed by atoms with E-state index >= 15 is 0 Å². The van der Waals surface area contributed by atoms with Crippen LogP contribution in [0, 0.1) is 13.8 Å². The maximum atomic E-state index is 12.1. The molecule has 0 unspecified atom stereocenters. The first-order valence-corrected chi connectivity index (χ1v) is 21.0. The number of nitrogens with zero attached hydrogens (tertiary/aromatic N) is 8. The van der Waals surface area contributed by atoms with Gasteiger partial charge in [0.05, 0.1) is 28.3 Å². The fraction of sp³-hybridized carbons (Fsp3) is 0.308. The monoisotopic (exact) mass is 885 g/mol. The zero-order valence-corrected chi connectivity index (χ0v) is 32.9. The zero-order valence-electron chi connectivity index (χ0n) is 28.1. The van der Waals surface area contributed by atoms with Gasteiger partial charge in [0.15, 0.2) is 0 Å². The molecule has 0 saturated carbocycles. The van der Waals surface area contributed by atoms with Crippen molar-refractivity contribution in [2.75, 3.05) is 60.1 Å². The molecule has 298 valence electrons. The Morgan fingerprint density at radius 1 is 0.709 bits per heavy atom. The minimum Gasteiger partial charge on any atom is -0.353 e. The molecule has 0 radical (unpaired) electrons.